The predicted octanol–water partition coefficient (Wildman–Crippen LogP) is 0.172. The van der Waals surface area contributed by atoms with Crippen molar-refractivity contribution in [3.8, 4) is 0 Å². The van der Waals surface area contributed by atoms with Crippen LogP contribution in [0.3, 0.4) is 0 Å². The molecule has 0 aromatic carbocycles. The van der Waals surface area contributed by atoms with E-state index < -0.39 is 0 Å². The summed E-state index contributed by atoms with van der Waals surface area (Å²) in [5.74, 6) is 0. The van der Waals surface area contributed by atoms with Crippen LogP contribution in [-0.2, 0) is 17.1 Å². The Balaban J connectivity index is 0. The molecule has 0 amide bonds. The Morgan fingerprint density at radius 1 is 0.500 bits per heavy atom. The van der Waals surface area contributed by atoms with Gasteiger partial charge in [-0.2, -0.15) is 29.7 Å². The van der Waals surface area contributed by atoms with Crippen molar-refractivity contribution in [2.45, 2.75) is 0 Å². The molecule has 4 heavy (non-hydrogen) atoms. The summed E-state index contributed by atoms with van der Waals surface area (Å²) < 4.78 is 0. The molecule has 3 atom stereocenters. The molecule has 0 rings (SSSR count). The average molecular weight is 166 g/mol. The van der Waals surface area contributed by atoms with Gasteiger partial charge in [-0.25, -0.2) is 0 Å². The van der Waals surface area contributed by atoms with E-state index in [0.29, 0.717) is 0 Å². The Bertz CT molecular complexity index is 3.25. The summed E-state index contributed by atoms with van der Waals surface area (Å²) in [4.78, 5) is 0. The van der Waals surface area contributed by atoms with Crippen LogP contribution < -0.4 is 0 Å². The van der Waals surface area contributed by atoms with Gasteiger partial charge in [-0.15, -0.1) is 0 Å². The first-order chi connectivity index (χ1) is 0. The Kier molecular flexibility index (Phi) is 219. The van der Waals surface area contributed by atoms with Gasteiger partial charge in [0.25, 0.3) is 0 Å². The fraction of sp³-hybridized carbons (Fsp3) is 0. The van der Waals surface area contributed by atoms with Crippen molar-refractivity contribution < 1.29 is 17.1 Å². The molecular weight excluding hydrogens is 156 g/mol. The van der Waals surface area contributed by atoms with Crippen molar-refractivity contribution >= 4 is 29.7 Å². The monoisotopic (exact) mass is 165 g/mol. The van der Waals surface area contributed by atoms with Crippen LogP contribution in [0.4, 0.5) is 0 Å². The zero-order valence-corrected chi connectivity index (χ0v) is 7.61. The van der Waals surface area contributed by atoms with Crippen LogP contribution in [0.25, 0.3) is 0 Å². The minimum absolute atomic E-state index is 0. The van der Waals surface area contributed by atoms with E-state index in [1.807, 2.05) is 0 Å². The van der Waals surface area contributed by atoms with Gasteiger partial charge >= 0.3 is 17.1 Å². The summed E-state index contributed by atoms with van der Waals surface area (Å²) in [6.45, 7) is 0. The van der Waals surface area contributed by atoms with E-state index in [1.165, 1.54) is 0 Å². The molecule has 0 saturated heterocycles. The minimum Gasteiger partial charge on any atom is -0.153 e. The van der Waals surface area contributed by atoms with Gasteiger partial charge in [0, 0.05) is 0 Å². The number of rotatable bonds is 0. The second-order valence-electron chi connectivity index (χ2n) is 0. The van der Waals surface area contributed by atoms with Crippen molar-refractivity contribution in [3.63, 3.8) is 0 Å². The van der Waals surface area contributed by atoms with Gasteiger partial charge in [-0.3, -0.25) is 0 Å². The molecule has 0 bridgehead atoms. The molecule has 0 aliphatic carbocycles. The maximum atomic E-state index is 0. The van der Waals surface area contributed by atoms with Gasteiger partial charge in [0.1, 0.15) is 0 Å². The predicted molar refractivity (Wildman–Crippen MR) is 33.3 cm³/mol. The second kappa shape index (κ2) is 21.3. The van der Waals surface area contributed by atoms with Crippen LogP contribution in [0, 0.1) is 0 Å². The van der Waals surface area contributed by atoms with E-state index >= 15 is 0 Å². The molecule has 0 aliphatic rings. The molecular formula is H9CuP3+. The van der Waals surface area contributed by atoms with E-state index in [9.17, 15) is 0 Å². The van der Waals surface area contributed by atoms with E-state index in [0.717, 1.165) is 0 Å². The molecule has 3 unspecified atom stereocenters. The third-order valence-electron chi connectivity index (χ3n) is 0. The van der Waals surface area contributed by atoms with E-state index in [4.69, 9.17) is 0 Å². The van der Waals surface area contributed by atoms with Crippen molar-refractivity contribution in [1.29, 1.82) is 0 Å². The number of hydrogen-bond acceptors (Lipinski definition) is 0. The van der Waals surface area contributed by atoms with Crippen molar-refractivity contribution in [1.82, 2.24) is 0 Å². The topological polar surface area (TPSA) is 0 Å². The Morgan fingerprint density at radius 2 is 0.500 bits per heavy atom. The molecule has 0 saturated carbocycles. The van der Waals surface area contributed by atoms with Gasteiger partial charge in [0.15, 0.2) is 0 Å². The molecule has 4 heteroatoms. The summed E-state index contributed by atoms with van der Waals surface area (Å²) >= 11 is 0. The molecule has 0 nitrogen and oxygen atoms in total. The molecule has 0 aliphatic heterocycles. The smallest absolute Gasteiger partial charge is 0.153 e. The minimum atomic E-state index is 0. The summed E-state index contributed by atoms with van der Waals surface area (Å²) in [6, 6.07) is 0. The van der Waals surface area contributed by atoms with Crippen molar-refractivity contribution in [2.24, 2.45) is 0 Å². The van der Waals surface area contributed by atoms with Crippen LogP contribution in [0.1, 0.15) is 0 Å². The molecule has 0 aromatic heterocycles. The van der Waals surface area contributed by atoms with Crippen molar-refractivity contribution in [2.75, 3.05) is 0 Å². The first-order valence-electron chi connectivity index (χ1n) is 0. The van der Waals surface area contributed by atoms with Gasteiger partial charge in [0.05, 0.1) is 0 Å². The number of hydrogen-bond donors (Lipinski definition) is 0. The standard InChI is InChI=1S/Cu.3H3P/h;3*1H3/q+1;;;. The molecule has 0 radical (unpaired) electrons. The van der Waals surface area contributed by atoms with Gasteiger partial charge in [0.2, 0.25) is 0 Å². The third kappa shape index (κ3) is 9.18. The zero-order valence-electron chi connectivity index (χ0n) is 2.42. The fourth-order valence-electron chi connectivity index (χ4n) is 0. The van der Waals surface area contributed by atoms with Crippen LogP contribution in [0.2, 0.25) is 0 Å². The molecule has 0 aromatic rings. The normalized spacial score (nSPS) is 0. The first-order valence-corrected chi connectivity index (χ1v) is 0. The van der Waals surface area contributed by atoms with Crippen LogP contribution in [0.15, 0.2) is 0 Å². The van der Waals surface area contributed by atoms with Gasteiger partial charge in [-0.05, 0) is 0 Å². The molecule has 0 heterocycles. The van der Waals surface area contributed by atoms with Crippen LogP contribution >= 0.6 is 29.7 Å². The Hall–Kier alpha value is 1.81. The average Bonchev–Trinajstić information content (AvgIpc) is 0. The van der Waals surface area contributed by atoms with Crippen molar-refractivity contribution in [3.05, 3.63) is 0 Å². The summed E-state index contributed by atoms with van der Waals surface area (Å²) in [5, 5.41) is 0. The van der Waals surface area contributed by atoms with E-state index in [-0.39, 0.29) is 46.8 Å². The van der Waals surface area contributed by atoms with Gasteiger partial charge in [-0.1, -0.05) is 0 Å². The summed E-state index contributed by atoms with van der Waals surface area (Å²) in [7, 11) is 0. The first kappa shape index (κ1) is 41.0. The van der Waals surface area contributed by atoms with Crippen LogP contribution in [-0.4, -0.2) is 0 Å². The van der Waals surface area contributed by atoms with Gasteiger partial charge < -0.3 is 0 Å². The summed E-state index contributed by atoms with van der Waals surface area (Å²) in [6.07, 6.45) is 0. The van der Waals surface area contributed by atoms with E-state index in [1.54, 1.807) is 0 Å². The SMILES string of the molecule is P.P.P.[Cu+]. The summed E-state index contributed by atoms with van der Waals surface area (Å²) in [5.41, 5.74) is 0. The Labute approximate surface area is 47.2 Å². The zero-order chi connectivity index (χ0) is 0. The maximum absolute atomic E-state index is 0. The molecule has 0 N–H and O–H groups in total. The quantitative estimate of drug-likeness (QED) is 0.355. The molecule has 34 valence electrons. The molecule has 0 fully saturated rings. The Morgan fingerprint density at radius 3 is 0.500 bits per heavy atom. The fourth-order valence-corrected chi connectivity index (χ4v) is 0. The largest absolute Gasteiger partial charge is 1.00 e. The van der Waals surface area contributed by atoms with Crippen LogP contribution in [0.5, 0.6) is 0 Å². The van der Waals surface area contributed by atoms with E-state index in [2.05, 4.69) is 0 Å². The maximum Gasteiger partial charge on any atom is 1.00 e. The second-order valence-corrected chi connectivity index (χ2v) is 0. The molecule has 0 spiro atoms. The third-order valence-corrected chi connectivity index (χ3v) is 0.